The number of aliphatic imine (C=N–C) groups is 1. The summed E-state index contributed by atoms with van der Waals surface area (Å²) in [5.74, 6) is 0. The third-order valence-electron chi connectivity index (χ3n) is 2.43. The lowest BCUT2D eigenvalue weighted by molar-refractivity contribution is 0.185. The molecule has 0 saturated heterocycles. The van der Waals surface area contributed by atoms with Crippen LogP contribution in [-0.2, 0) is 0 Å². The van der Waals surface area contributed by atoms with Gasteiger partial charge in [0.15, 0.2) is 0 Å². The summed E-state index contributed by atoms with van der Waals surface area (Å²) in [6.45, 7) is 1.81. The Hall–Kier alpha value is -1.06. The van der Waals surface area contributed by atoms with Crippen molar-refractivity contribution in [3.05, 3.63) is 40.9 Å². The van der Waals surface area contributed by atoms with E-state index >= 15 is 0 Å². The molecule has 0 bridgehead atoms. The smallest absolute Gasteiger partial charge is 0.0515 e. The van der Waals surface area contributed by atoms with Crippen LogP contribution in [0.5, 0.6) is 0 Å². The SMILES string of the molecule is CC(O)CCC1=CSc2ccccc2C=N1. The summed E-state index contributed by atoms with van der Waals surface area (Å²) in [4.78, 5) is 5.68. The van der Waals surface area contributed by atoms with Crippen LogP contribution in [0.25, 0.3) is 0 Å². The summed E-state index contributed by atoms with van der Waals surface area (Å²) >= 11 is 1.70. The van der Waals surface area contributed by atoms with Gasteiger partial charge >= 0.3 is 0 Å². The van der Waals surface area contributed by atoms with Crippen molar-refractivity contribution < 1.29 is 5.11 Å². The van der Waals surface area contributed by atoms with Gasteiger partial charge in [0.2, 0.25) is 0 Å². The molecule has 1 N–H and O–H groups in total. The number of fused-ring (bicyclic) bond motifs is 1. The summed E-state index contributed by atoms with van der Waals surface area (Å²) in [5, 5.41) is 11.3. The van der Waals surface area contributed by atoms with E-state index in [0.29, 0.717) is 0 Å². The van der Waals surface area contributed by atoms with Crippen LogP contribution in [0.2, 0.25) is 0 Å². The third kappa shape index (κ3) is 2.97. The lowest BCUT2D eigenvalue weighted by atomic mass is 10.2. The fraction of sp³-hybridized carbons (Fsp3) is 0.308. The molecule has 84 valence electrons. The molecule has 1 aliphatic rings. The number of rotatable bonds is 3. The van der Waals surface area contributed by atoms with Gasteiger partial charge in [-0.25, -0.2) is 0 Å². The Labute approximate surface area is 100 Å². The highest BCUT2D eigenvalue weighted by molar-refractivity contribution is 8.02. The van der Waals surface area contributed by atoms with Gasteiger partial charge in [-0.2, -0.15) is 0 Å². The zero-order valence-corrected chi connectivity index (χ0v) is 10.1. The van der Waals surface area contributed by atoms with E-state index < -0.39 is 0 Å². The Morgan fingerprint density at radius 2 is 2.19 bits per heavy atom. The minimum absolute atomic E-state index is 0.258. The van der Waals surface area contributed by atoms with Crippen molar-refractivity contribution in [2.24, 2.45) is 4.99 Å². The summed E-state index contributed by atoms with van der Waals surface area (Å²) in [7, 11) is 0. The van der Waals surface area contributed by atoms with Crippen LogP contribution in [0, 0.1) is 0 Å². The van der Waals surface area contributed by atoms with Crippen LogP contribution in [0.15, 0.2) is 45.3 Å². The molecule has 1 aliphatic heterocycles. The molecule has 0 fully saturated rings. The van der Waals surface area contributed by atoms with Crippen LogP contribution in [-0.4, -0.2) is 17.4 Å². The van der Waals surface area contributed by atoms with Crippen LogP contribution >= 0.6 is 11.8 Å². The average Bonchev–Trinajstić information content (AvgIpc) is 2.49. The molecular formula is C13H15NOS. The molecule has 2 nitrogen and oxygen atoms in total. The van der Waals surface area contributed by atoms with Crippen LogP contribution in [0.1, 0.15) is 25.3 Å². The highest BCUT2D eigenvalue weighted by atomic mass is 32.2. The van der Waals surface area contributed by atoms with Gasteiger partial charge < -0.3 is 5.11 Å². The van der Waals surface area contributed by atoms with Crippen molar-refractivity contribution in [3.8, 4) is 0 Å². The molecule has 3 heteroatoms. The summed E-state index contributed by atoms with van der Waals surface area (Å²) in [5.41, 5.74) is 2.21. The number of nitrogens with zero attached hydrogens (tertiary/aromatic N) is 1. The molecule has 0 aliphatic carbocycles. The molecule has 1 unspecified atom stereocenters. The molecule has 0 radical (unpaired) electrons. The zero-order valence-electron chi connectivity index (χ0n) is 9.26. The Morgan fingerprint density at radius 1 is 1.38 bits per heavy atom. The first-order valence-electron chi connectivity index (χ1n) is 5.42. The number of aliphatic hydroxyl groups excluding tert-OH is 1. The van der Waals surface area contributed by atoms with E-state index in [0.717, 1.165) is 24.1 Å². The summed E-state index contributed by atoms with van der Waals surface area (Å²) in [6.07, 6.45) is 3.24. The molecule has 0 aromatic heterocycles. The van der Waals surface area contributed by atoms with Crippen molar-refractivity contribution in [2.45, 2.75) is 30.8 Å². The highest BCUT2D eigenvalue weighted by Crippen LogP contribution is 2.28. The topological polar surface area (TPSA) is 32.6 Å². The monoisotopic (exact) mass is 233 g/mol. The summed E-state index contributed by atoms with van der Waals surface area (Å²) < 4.78 is 0. The molecule has 1 aromatic rings. The highest BCUT2D eigenvalue weighted by Gasteiger charge is 2.05. The number of aliphatic hydroxyl groups is 1. The molecule has 0 amide bonds. The Bertz CT molecular complexity index is 424. The molecule has 2 rings (SSSR count). The van der Waals surface area contributed by atoms with Gasteiger partial charge in [-0.1, -0.05) is 30.0 Å². The standard InChI is InChI=1S/C13H15NOS/c1-10(15)6-7-12-9-16-13-5-3-2-4-11(13)8-14-12/h2-5,8-10,15H,6-7H2,1H3. The van der Waals surface area contributed by atoms with E-state index in [4.69, 9.17) is 0 Å². The van der Waals surface area contributed by atoms with Crippen LogP contribution < -0.4 is 0 Å². The van der Waals surface area contributed by atoms with E-state index in [-0.39, 0.29) is 6.10 Å². The second-order valence-electron chi connectivity index (χ2n) is 3.91. The van der Waals surface area contributed by atoms with Crippen molar-refractivity contribution >= 4 is 18.0 Å². The van der Waals surface area contributed by atoms with Gasteiger partial charge in [0.1, 0.15) is 0 Å². The number of benzene rings is 1. The van der Waals surface area contributed by atoms with E-state index in [2.05, 4.69) is 22.5 Å². The molecule has 1 heterocycles. The first kappa shape index (κ1) is 11.4. The first-order valence-corrected chi connectivity index (χ1v) is 6.30. The fourth-order valence-corrected chi connectivity index (χ4v) is 2.34. The molecule has 1 aromatic carbocycles. The van der Waals surface area contributed by atoms with Gasteiger partial charge in [0.05, 0.1) is 6.10 Å². The summed E-state index contributed by atoms with van der Waals surface area (Å²) in [6, 6.07) is 8.22. The molecule has 0 spiro atoms. The maximum Gasteiger partial charge on any atom is 0.0515 e. The Balaban J connectivity index is 2.09. The molecular weight excluding hydrogens is 218 g/mol. The zero-order chi connectivity index (χ0) is 11.4. The van der Waals surface area contributed by atoms with Crippen molar-refractivity contribution in [1.29, 1.82) is 0 Å². The van der Waals surface area contributed by atoms with Crippen LogP contribution in [0.4, 0.5) is 0 Å². The number of allylic oxidation sites excluding steroid dienone is 1. The van der Waals surface area contributed by atoms with Gasteiger partial charge in [-0.15, -0.1) is 0 Å². The van der Waals surface area contributed by atoms with Gasteiger partial charge in [-0.3, -0.25) is 4.99 Å². The van der Waals surface area contributed by atoms with Crippen LogP contribution in [0.3, 0.4) is 0 Å². The maximum absolute atomic E-state index is 9.24. The molecule has 1 atom stereocenters. The van der Waals surface area contributed by atoms with Gasteiger partial charge in [0.25, 0.3) is 0 Å². The number of hydrogen-bond acceptors (Lipinski definition) is 3. The number of hydrogen-bond donors (Lipinski definition) is 1. The van der Waals surface area contributed by atoms with E-state index in [1.165, 1.54) is 4.90 Å². The maximum atomic E-state index is 9.24. The normalized spacial score (nSPS) is 16.2. The minimum atomic E-state index is -0.258. The minimum Gasteiger partial charge on any atom is -0.393 e. The van der Waals surface area contributed by atoms with Crippen molar-refractivity contribution in [2.75, 3.05) is 0 Å². The second kappa shape index (κ2) is 5.32. The third-order valence-corrected chi connectivity index (χ3v) is 3.44. The van der Waals surface area contributed by atoms with Gasteiger partial charge in [0, 0.05) is 22.4 Å². The average molecular weight is 233 g/mol. The molecule has 0 saturated carbocycles. The Kier molecular flexibility index (Phi) is 3.80. The first-order chi connectivity index (χ1) is 7.75. The largest absolute Gasteiger partial charge is 0.393 e. The van der Waals surface area contributed by atoms with Gasteiger partial charge in [-0.05, 0) is 31.2 Å². The predicted octanol–water partition coefficient (Wildman–Crippen LogP) is 3.21. The lowest BCUT2D eigenvalue weighted by Gasteiger charge is -2.02. The fourth-order valence-electron chi connectivity index (χ4n) is 1.49. The quantitative estimate of drug-likeness (QED) is 0.869. The second-order valence-corrected chi connectivity index (χ2v) is 4.82. The van der Waals surface area contributed by atoms with Crippen molar-refractivity contribution in [3.63, 3.8) is 0 Å². The van der Waals surface area contributed by atoms with E-state index in [1.807, 2.05) is 25.3 Å². The Morgan fingerprint density at radius 3 is 3.00 bits per heavy atom. The molecule has 16 heavy (non-hydrogen) atoms. The lowest BCUT2D eigenvalue weighted by Crippen LogP contribution is -1.98. The van der Waals surface area contributed by atoms with E-state index in [9.17, 15) is 5.11 Å². The van der Waals surface area contributed by atoms with Crippen molar-refractivity contribution in [1.82, 2.24) is 0 Å². The number of thioether (sulfide) groups is 1. The van der Waals surface area contributed by atoms with E-state index in [1.54, 1.807) is 11.8 Å². The predicted molar refractivity (Wildman–Crippen MR) is 68.9 cm³/mol.